The van der Waals surface area contributed by atoms with Crippen LogP contribution >= 0.6 is 0 Å². The fraction of sp³-hybridized carbons (Fsp3) is 1.00. The molecule has 0 saturated carbocycles. The third-order valence-electron chi connectivity index (χ3n) is 3.09. The molecule has 96 valence electrons. The van der Waals surface area contributed by atoms with Crippen molar-refractivity contribution in [3.63, 3.8) is 0 Å². The second kappa shape index (κ2) is 5.84. The average molecular weight is 240 g/mol. The van der Waals surface area contributed by atoms with Crippen LogP contribution in [0.3, 0.4) is 0 Å². The summed E-state index contributed by atoms with van der Waals surface area (Å²) in [6.07, 6.45) is -2.46. The van der Waals surface area contributed by atoms with Gasteiger partial charge in [-0.25, -0.2) is 0 Å². The first-order valence-electron chi connectivity index (χ1n) is 5.57. The second-order valence-corrected chi connectivity index (χ2v) is 4.32. The van der Waals surface area contributed by atoms with Crippen molar-refractivity contribution < 1.29 is 17.9 Å². The Balaban J connectivity index is 2.28. The monoisotopic (exact) mass is 240 g/mol. The van der Waals surface area contributed by atoms with Crippen molar-refractivity contribution in [1.29, 1.82) is 0 Å². The fourth-order valence-corrected chi connectivity index (χ4v) is 2.05. The molecule has 1 fully saturated rings. The highest BCUT2D eigenvalue weighted by molar-refractivity contribution is 4.79. The lowest BCUT2D eigenvalue weighted by molar-refractivity contribution is -0.325. The molecule has 0 amide bonds. The smallest absolute Gasteiger partial charge is 0.330 e. The molecule has 2 unspecified atom stereocenters. The first kappa shape index (κ1) is 13.7. The van der Waals surface area contributed by atoms with Crippen LogP contribution in [0.5, 0.6) is 0 Å². The maximum absolute atomic E-state index is 11.8. The van der Waals surface area contributed by atoms with Gasteiger partial charge in [0.05, 0.1) is 6.61 Å². The van der Waals surface area contributed by atoms with Gasteiger partial charge in [0.25, 0.3) is 0 Å². The highest BCUT2D eigenvalue weighted by Gasteiger charge is 2.30. The molecular weight excluding hydrogens is 221 g/mol. The molecule has 1 heterocycles. The minimum atomic E-state index is -4.52. The van der Waals surface area contributed by atoms with Crippen molar-refractivity contribution >= 4 is 0 Å². The molecular formula is C10H19F3N2O. The molecule has 2 atom stereocenters. The van der Waals surface area contributed by atoms with Crippen LogP contribution in [0, 0.1) is 5.92 Å². The van der Waals surface area contributed by atoms with Gasteiger partial charge in [-0.3, -0.25) is 9.64 Å². The van der Waals surface area contributed by atoms with Crippen LogP contribution in [-0.4, -0.2) is 43.5 Å². The van der Waals surface area contributed by atoms with Gasteiger partial charge in [-0.15, -0.1) is 13.2 Å². The number of likely N-dealkylation sites (tertiary alicyclic amines) is 1. The van der Waals surface area contributed by atoms with E-state index in [1.807, 2.05) is 11.8 Å². The summed E-state index contributed by atoms with van der Waals surface area (Å²) in [7, 11) is 0. The van der Waals surface area contributed by atoms with Gasteiger partial charge in [0.15, 0.2) is 0 Å². The number of alkyl halides is 3. The van der Waals surface area contributed by atoms with Gasteiger partial charge in [-0.1, -0.05) is 0 Å². The van der Waals surface area contributed by atoms with Crippen molar-refractivity contribution in [1.82, 2.24) is 4.90 Å². The summed E-state index contributed by atoms with van der Waals surface area (Å²) in [5, 5.41) is 0. The lowest BCUT2D eigenvalue weighted by Gasteiger charge is -2.37. The van der Waals surface area contributed by atoms with E-state index in [1.165, 1.54) is 0 Å². The number of hydrogen-bond donors (Lipinski definition) is 1. The summed E-state index contributed by atoms with van der Waals surface area (Å²) in [5.41, 5.74) is 5.57. The summed E-state index contributed by atoms with van der Waals surface area (Å²) in [6, 6.07) is 0.319. The zero-order chi connectivity index (χ0) is 12.2. The van der Waals surface area contributed by atoms with Crippen LogP contribution in [-0.2, 0) is 4.74 Å². The van der Waals surface area contributed by atoms with Crippen LogP contribution in [0.1, 0.15) is 19.8 Å². The summed E-state index contributed by atoms with van der Waals surface area (Å²) in [4.78, 5) is 2.02. The van der Waals surface area contributed by atoms with Gasteiger partial charge < -0.3 is 5.73 Å². The van der Waals surface area contributed by atoms with Crippen LogP contribution < -0.4 is 5.73 Å². The molecule has 6 heteroatoms. The second-order valence-electron chi connectivity index (χ2n) is 4.32. The lowest BCUT2D eigenvalue weighted by Crippen LogP contribution is -2.45. The Labute approximate surface area is 93.7 Å². The Morgan fingerprint density at radius 3 is 2.62 bits per heavy atom. The summed E-state index contributed by atoms with van der Waals surface area (Å²) < 4.78 is 39.1. The molecule has 1 saturated heterocycles. The third kappa shape index (κ3) is 4.67. The zero-order valence-electron chi connectivity index (χ0n) is 9.46. The minimum Gasteiger partial charge on any atom is -0.330 e. The van der Waals surface area contributed by atoms with Crippen molar-refractivity contribution in [3.8, 4) is 0 Å². The van der Waals surface area contributed by atoms with E-state index >= 15 is 0 Å². The summed E-state index contributed by atoms with van der Waals surface area (Å²) in [6.45, 7) is 3.42. The third-order valence-corrected chi connectivity index (χ3v) is 3.09. The average Bonchev–Trinajstić information content (AvgIpc) is 2.19. The van der Waals surface area contributed by atoms with Crippen molar-refractivity contribution in [3.05, 3.63) is 0 Å². The molecule has 0 spiro atoms. The quantitative estimate of drug-likeness (QED) is 0.811. The fourth-order valence-electron chi connectivity index (χ4n) is 2.05. The minimum absolute atomic E-state index is 0.300. The predicted octanol–water partition coefficient (Wildman–Crippen LogP) is 1.58. The number of nitrogens with zero attached hydrogens (tertiary/aromatic N) is 1. The number of ether oxygens (including phenoxy) is 1. The van der Waals surface area contributed by atoms with E-state index < -0.39 is 6.36 Å². The molecule has 16 heavy (non-hydrogen) atoms. The normalized spacial score (nSPS) is 28.3. The number of piperidine rings is 1. The first-order valence-corrected chi connectivity index (χ1v) is 5.57. The van der Waals surface area contributed by atoms with Gasteiger partial charge in [-0.2, -0.15) is 0 Å². The molecule has 0 aromatic carbocycles. The molecule has 1 aliphatic rings. The zero-order valence-corrected chi connectivity index (χ0v) is 9.46. The van der Waals surface area contributed by atoms with Gasteiger partial charge in [0.1, 0.15) is 0 Å². The number of rotatable bonds is 4. The van der Waals surface area contributed by atoms with E-state index in [0.717, 1.165) is 19.4 Å². The van der Waals surface area contributed by atoms with Gasteiger partial charge >= 0.3 is 6.36 Å². The van der Waals surface area contributed by atoms with E-state index in [4.69, 9.17) is 5.73 Å². The van der Waals surface area contributed by atoms with E-state index in [0.29, 0.717) is 25.0 Å². The van der Waals surface area contributed by atoms with Gasteiger partial charge in [0.2, 0.25) is 0 Å². The Morgan fingerprint density at radius 2 is 2.06 bits per heavy atom. The largest absolute Gasteiger partial charge is 0.522 e. The Bertz CT molecular complexity index is 211. The molecule has 0 aromatic rings. The lowest BCUT2D eigenvalue weighted by atomic mass is 9.94. The topological polar surface area (TPSA) is 38.5 Å². The Morgan fingerprint density at radius 1 is 1.38 bits per heavy atom. The standard InChI is InChI=1S/C10H19F3N2O/c1-8-2-3-9(6-14)7-15(8)4-5-16-10(11,12)13/h8-9H,2-7,14H2,1H3. The maximum Gasteiger partial charge on any atom is 0.522 e. The van der Waals surface area contributed by atoms with Crippen molar-refractivity contribution in [2.75, 3.05) is 26.2 Å². The van der Waals surface area contributed by atoms with Gasteiger partial charge in [0, 0.05) is 19.1 Å². The highest BCUT2D eigenvalue weighted by atomic mass is 19.4. The van der Waals surface area contributed by atoms with E-state index in [-0.39, 0.29) is 6.61 Å². The Hall–Kier alpha value is -0.330. The van der Waals surface area contributed by atoms with E-state index in [2.05, 4.69) is 4.74 Å². The van der Waals surface area contributed by atoms with Crippen LogP contribution in [0.4, 0.5) is 13.2 Å². The molecule has 1 aliphatic heterocycles. The molecule has 3 nitrogen and oxygen atoms in total. The highest BCUT2D eigenvalue weighted by Crippen LogP contribution is 2.21. The molecule has 0 radical (unpaired) electrons. The molecule has 1 rings (SSSR count). The molecule has 2 N–H and O–H groups in total. The SMILES string of the molecule is CC1CCC(CN)CN1CCOC(F)(F)F. The predicted molar refractivity (Wildman–Crippen MR) is 54.8 cm³/mol. The molecule has 0 aromatic heterocycles. The Kier molecular flexibility index (Phi) is 5.01. The summed E-state index contributed by atoms with van der Waals surface area (Å²) in [5.74, 6) is 0.405. The number of halogens is 3. The molecule has 0 bridgehead atoms. The van der Waals surface area contributed by atoms with Crippen molar-refractivity contribution in [2.45, 2.75) is 32.2 Å². The van der Waals surface area contributed by atoms with Crippen LogP contribution in [0.25, 0.3) is 0 Å². The summed E-state index contributed by atoms with van der Waals surface area (Å²) >= 11 is 0. The molecule has 0 aliphatic carbocycles. The van der Waals surface area contributed by atoms with Crippen LogP contribution in [0.2, 0.25) is 0 Å². The van der Waals surface area contributed by atoms with Crippen molar-refractivity contribution in [2.24, 2.45) is 11.7 Å². The van der Waals surface area contributed by atoms with Gasteiger partial charge in [-0.05, 0) is 32.2 Å². The number of nitrogens with two attached hydrogens (primary N) is 1. The van der Waals surface area contributed by atoms with E-state index in [9.17, 15) is 13.2 Å². The first-order chi connectivity index (χ1) is 7.42. The van der Waals surface area contributed by atoms with Crippen LogP contribution in [0.15, 0.2) is 0 Å². The maximum atomic E-state index is 11.8. The number of hydrogen-bond acceptors (Lipinski definition) is 3. The van der Waals surface area contributed by atoms with E-state index in [1.54, 1.807) is 0 Å².